The van der Waals surface area contributed by atoms with E-state index in [1.807, 2.05) is 0 Å². The van der Waals surface area contributed by atoms with E-state index >= 15 is 0 Å². The maximum Gasteiger partial charge on any atom is 0.584 e. The Morgan fingerprint density at radius 1 is 0.821 bits per heavy atom. The lowest BCUT2D eigenvalue weighted by molar-refractivity contribution is -0.384. The molecule has 3 aromatic carbocycles. The van der Waals surface area contributed by atoms with Gasteiger partial charge in [0.1, 0.15) is 11.5 Å². The van der Waals surface area contributed by atoms with E-state index in [0.29, 0.717) is 0 Å². The van der Waals surface area contributed by atoms with Crippen molar-refractivity contribution in [3.8, 4) is 11.5 Å². The van der Waals surface area contributed by atoms with Gasteiger partial charge in [0.2, 0.25) is 0 Å². The molecule has 1 unspecified atom stereocenters. The summed E-state index contributed by atoms with van der Waals surface area (Å²) in [7, 11) is -4.40. The number of hydrogen-bond donors (Lipinski definition) is 1. The van der Waals surface area contributed by atoms with Gasteiger partial charge in [-0.3, -0.25) is 19.8 Å². The number of nitro benzene ring substituents is 1. The van der Waals surface area contributed by atoms with Gasteiger partial charge < -0.3 is 9.05 Å². The summed E-state index contributed by atoms with van der Waals surface area (Å²) in [4.78, 5) is 32.4. The summed E-state index contributed by atoms with van der Waals surface area (Å²) in [6.07, 6.45) is 0. The van der Waals surface area contributed by atoms with Crippen LogP contribution >= 0.6 is 7.82 Å². The fourth-order valence-corrected chi connectivity index (χ4v) is 3.15. The molecule has 0 saturated heterocycles. The molecule has 3 rings (SSSR count). The molecule has 0 bridgehead atoms. The van der Waals surface area contributed by atoms with Crippen LogP contribution in [0.4, 0.5) is 5.69 Å². The predicted molar refractivity (Wildman–Crippen MR) is 100 cm³/mol. The fourth-order valence-electron chi connectivity index (χ4n) is 2.33. The van der Waals surface area contributed by atoms with Gasteiger partial charge in [0, 0.05) is 23.3 Å². The SMILES string of the molecule is O=C(c1ccc(OP(=O)(O)Oc2ccccc2)cc1)c1ccc([N+](=O)[O-])cc1. The maximum atomic E-state index is 12.4. The van der Waals surface area contributed by atoms with Crippen LogP contribution < -0.4 is 9.05 Å². The molecule has 0 saturated carbocycles. The van der Waals surface area contributed by atoms with Crippen LogP contribution in [-0.2, 0) is 4.57 Å². The molecule has 9 heteroatoms. The topological polar surface area (TPSA) is 116 Å². The molecule has 3 aromatic rings. The average Bonchev–Trinajstić information content (AvgIpc) is 2.68. The summed E-state index contributed by atoms with van der Waals surface area (Å²) in [6.45, 7) is 0. The fraction of sp³-hybridized carbons (Fsp3) is 0. The number of benzene rings is 3. The number of non-ortho nitro benzene ring substituents is 1. The number of carbonyl (C=O) groups is 1. The molecule has 1 N–H and O–H groups in total. The lowest BCUT2D eigenvalue weighted by Gasteiger charge is -2.13. The zero-order chi connectivity index (χ0) is 20.1. The number of phosphoric acid groups is 1. The number of rotatable bonds is 7. The third kappa shape index (κ3) is 4.82. The van der Waals surface area contributed by atoms with Crippen molar-refractivity contribution in [3.05, 3.63) is 100 Å². The molecular formula is C19H14NO7P. The third-order valence-corrected chi connectivity index (χ3v) is 4.52. The van der Waals surface area contributed by atoms with Crippen molar-refractivity contribution in [3.63, 3.8) is 0 Å². The summed E-state index contributed by atoms with van der Waals surface area (Å²) in [5, 5.41) is 10.7. The van der Waals surface area contributed by atoms with E-state index in [9.17, 15) is 24.4 Å². The molecule has 0 aromatic heterocycles. The van der Waals surface area contributed by atoms with E-state index in [0.717, 1.165) is 0 Å². The monoisotopic (exact) mass is 399 g/mol. The smallest absolute Gasteiger partial charge is 0.395 e. The number of ketones is 1. The second kappa shape index (κ2) is 8.04. The molecule has 0 radical (unpaired) electrons. The molecule has 1 atom stereocenters. The van der Waals surface area contributed by atoms with Crippen molar-refractivity contribution >= 4 is 19.3 Å². The van der Waals surface area contributed by atoms with Gasteiger partial charge in [-0.2, -0.15) is 0 Å². The van der Waals surface area contributed by atoms with Crippen molar-refractivity contribution in [1.82, 2.24) is 0 Å². The van der Waals surface area contributed by atoms with E-state index in [2.05, 4.69) is 0 Å². The molecule has 28 heavy (non-hydrogen) atoms. The third-order valence-electron chi connectivity index (χ3n) is 3.64. The van der Waals surface area contributed by atoms with Crippen LogP contribution in [0, 0.1) is 10.1 Å². The Kier molecular flexibility index (Phi) is 5.54. The Hall–Kier alpha value is -3.48. The Balaban J connectivity index is 1.69. The lowest BCUT2D eigenvalue weighted by atomic mass is 10.0. The van der Waals surface area contributed by atoms with Crippen molar-refractivity contribution in [2.24, 2.45) is 0 Å². The van der Waals surface area contributed by atoms with E-state index in [-0.39, 0.29) is 34.1 Å². The summed E-state index contributed by atoms with van der Waals surface area (Å²) in [6, 6.07) is 18.8. The van der Waals surface area contributed by atoms with Gasteiger partial charge in [0.25, 0.3) is 5.69 Å². The molecule has 0 aliphatic carbocycles. The van der Waals surface area contributed by atoms with Gasteiger partial charge in [-0.1, -0.05) is 18.2 Å². The van der Waals surface area contributed by atoms with Crippen LogP contribution in [0.25, 0.3) is 0 Å². The first-order valence-electron chi connectivity index (χ1n) is 8.00. The Morgan fingerprint density at radius 3 is 1.79 bits per heavy atom. The summed E-state index contributed by atoms with van der Waals surface area (Å²) < 4.78 is 22.0. The molecule has 0 aliphatic rings. The standard InChI is InChI=1S/C19H14NO7P/c21-19(14-6-10-16(11-7-14)20(22)23)15-8-12-18(13-9-15)27-28(24,25)26-17-4-2-1-3-5-17/h1-13H,(H,24,25). The minimum Gasteiger partial charge on any atom is -0.395 e. The minimum absolute atomic E-state index is 0.0435. The van der Waals surface area contributed by atoms with E-state index in [1.165, 1.54) is 60.7 Å². The second-order valence-electron chi connectivity index (χ2n) is 5.62. The van der Waals surface area contributed by atoms with E-state index in [1.54, 1.807) is 18.2 Å². The first kappa shape index (κ1) is 19.3. The number of nitro groups is 1. The maximum absolute atomic E-state index is 12.4. The Bertz CT molecular complexity index is 1030. The molecule has 142 valence electrons. The summed E-state index contributed by atoms with van der Waals surface area (Å²) >= 11 is 0. The van der Waals surface area contributed by atoms with Gasteiger partial charge in [0.05, 0.1) is 4.92 Å². The highest BCUT2D eigenvalue weighted by atomic mass is 31.2. The molecule has 0 fully saturated rings. The molecule has 0 heterocycles. The van der Waals surface area contributed by atoms with Crippen LogP contribution in [0.5, 0.6) is 11.5 Å². The molecular weight excluding hydrogens is 385 g/mol. The number of phosphoric ester groups is 1. The highest BCUT2D eigenvalue weighted by molar-refractivity contribution is 7.48. The van der Waals surface area contributed by atoms with Crippen LogP contribution in [0.3, 0.4) is 0 Å². The highest BCUT2D eigenvalue weighted by Gasteiger charge is 2.25. The predicted octanol–water partition coefficient (Wildman–Crippen LogP) is 4.38. The van der Waals surface area contributed by atoms with Crippen molar-refractivity contribution < 1.29 is 28.2 Å². The van der Waals surface area contributed by atoms with Crippen LogP contribution in [0.2, 0.25) is 0 Å². The van der Waals surface area contributed by atoms with Crippen molar-refractivity contribution in [2.75, 3.05) is 0 Å². The van der Waals surface area contributed by atoms with Gasteiger partial charge in [0.15, 0.2) is 5.78 Å². The van der Waals surface area contributed by atoms with Crippen molar-refractivity contribution in [2.45, 2.75) is 0 Å². The van der Waals surface area contributed by atoms with Gasteiger partial charge in [-0.25, -0.2) is 4.57 Å². The number of nitrogens with zero attached hydrogens (tertiary/aromatic N) is 1. The van der Waals surface area contributed by atoms with Gasteiger partial charge in [-0.15, -0.1) is 0 Å². The van der Waals surface area contributed by atoms with E-state index in [4.69, 9.17) is 9.05 Å². The molecule has 8 nitrogen and oxygen atoms in total. The zero-order valence-electron chi connectivity index (χ0n) is 14.3. The largest absolute Gasteiger partial charge is 0.584 e. The second-order valence-corrected chi connectivity index (χ2v) is 6.92. The van der Waals surface area contributed by atoms with Crippen LogP contribution in [0.1, 0.15) is 15.9 Å². The molecule has 0 amide bonds. The number of carbonyl (C=O) groups excluding carboxylic acids is 1. The van der Waals surface area contributed by atoms with Gasteiger partial charge in [-0.05, 0) is 48.5 Å². The first-order valence-corrected chi connectivity index (χ1v) is 9.50. The summed E-state index contributed by atoms with van der Waals surface area (Å²) in [5.74, 6) is -0.130. The van der Waals surface area contributed by atoms with Crippen LogP contribution in [0.15, 0.2) is 78.9 Å². The average molecular weight is 399 g/mol. The Morgan fingerprint density at radius 2 is 1.29 bits per heavy atom. The quantitative estimate of drug-likeness (QED) is 0.271. The summed E-state index contributed by atoms with van der Waals surface area (Å²) in [5.41, 5.74) is 0.454. The highest BCUT2D eigenvalue weighted by Crippen LogP contribution is 2.44. The van der Waals surface area contributed by atoms with Crippen molar-refractivity contribution in [1.29, 1.82) is 0 Å². The first-order chi connectivity index (χ1) is 13.3. The zero-order valence-corrected chi connectivity index (χ0v) is 15.2. The molecule has 0 aliphatic heterocycles. The lowest BCUT2D eigenvalue weighted by Crippen LogP contribution is -2.02. The van der Waals surface area contributed by atoms with Crippen LogP contribution in [-0.4, -0.2) is 15.6 Å². The number of hydrogen-bond acceptors (Lipinski definition) is 6. The normalized spacial score (nSPS) is 12.6. The minimum atomic E-state index is -4.40. The Labute approximate surface area is 159 Å². The van der Waals surface area contributed by atoms with E-state index < -0.39 is 12.7 Å². The van der Waals surface area contributed by atoms with Gasteiger partial charge >= 0.3 is 7.82 Å². The number of para-hydroxylation sites is 1. The molecule has 0 spiro atoms.